The maximum absolute atomic E-state index is 11.4. The number of ether oxygens (including phenoxy) is 1. The SMILES string of the molecule is NC(=O)Oc1[nH]c2ccc(CNc3ccc4ncccc4c3)cc2c1Sc1ccccc1. The Kier molecular flexibility index (Phi) is 5.39. The van der Waals surface area contributed by atoms with Crippen molar-refractivity contribution in [1.82, 2.24) is 9.97 Å². The highest BCUT2D eigenvalue weighted by Crippen LogP contribution is 2.41. The number of primary amides is 1. The Morgan fingerprint density at radius 3 is 2.75 bits per heavy atom. The molecule has 158 valence electrons. The van der Waals surface area contributed by atoms with Crippen LogP contribution in [0.3, 0.4) is 0 Å². The highest BCUT2D eigenvalue weighted by molar-refractivity contribution is 7.99. The summed E-state index contributed by atoms with van der Waals surface area (Å²) in [5.41, 5.74) is 9.25. The number of nitrogens with zero attached hydrogens (tertiary/aromatic N) is 1. The van der Waals surface area contributed by atoms with Crippen molar-refractivity contribution in [2.45, 2.75) is 16.3 Å². The highest BCUT2D eigenvalue weighted by atomic mass is 32.2. The largest absolute Gasteiger partial charge is 0.411 e. The topological polar surface area (TPSA) is 93.0 Å². The van der Waals surface area contributed by atoms with Crippen molar-refractivity contribution in [3.8, 4) is 5.88 Å². The summed E-state index contributed by atoms with van der Waals surface area (Å²) < 4.78 is 5.25. The van der Waals surface area contributed by atoms with Gasteiger partial charge in [-0.1, -0.05) is 42.1 Å². The molecule has 5 aromatic rings. The lowest BCUT2D eigenvalue weighted by atomic mass is 10.1. The number of carbonyl (C=O) groups excluding carboxylic acids is 1. The van der Waals surface area contributed by atoms with Crippen molar-refractivity contribution < 1.29 is 9.53 Å². The van der Waals surface area contributed by atoms with Gasteiger partial charge in [0.05, 0.1) is 10.4 Å². The Balaban J connectivity index is 1.44. The summed E-state index contributed by atoms with van der Waals surface area (Å²) in [6.45, 7) is 0.647. The summed E-state index contributed by atoms with van der Waals surface area (Å²) in [6.07, 6.45) is 0.946. The lowest BCUT2D eigenvalue weighted by Gasteiger charge is -2.08. The third kappa shape index (κ3) is 4.24. The van der Waals surface area contributed by atoms with Crippen LogP contribution < -0.4 is 15.8 Å². The van der Waals surface area contributed by atoms with Gasteiger partial charge in [0.1, 0.15) is 0 Å². The van der Waals surface area contributed by atoms with Crippen molar-refractivity contribution in [2.24, 2.45) is 5.73 Å². The van der Waals surface area contributed by atoms with Gasteiger partial charge in [-0.05, 0) is 54.1 Å². The number of anilines is 1. The second kappa shape index (κ2) is 8.64. The fourth-order valence-corrected chi connectivity index (χ4v) is 4.56. The average molecular weight is 441 g/mol. The van der Waals surface area contributed by atoms with E-state index in [1.807, 2.05) is 66.7 Å². The van der Waals surface area contributed by atoms with E-state index >= 15 is 0 Å². The Hall–Kier alpha value is -3.97. The third-order valence-corrected chi connectivity index (χ3v) is 6.17. The quantitative estimate of drug-likeness (QED) is 0.304. The Bertz CT molecular complexity index is 1420. The molecule has 3 aromatic carbocycles. The maximum Gasteiger partial charge on any atom is 0.411 e. The molecule has 0 saturated heterocycles. The van der Waals surface area contributed by atoms with E-state index in [-0.39, 0.29) is 0 Å². The molecule has 0 aliphatic carbocycles. The number of nitrogens with one attached hydrogen (secondary N) is 2. The van der Waals surface area contributed by atoms with Crippen LogP contribution in [0.1, 0.15) is 5.56 Å². The van der Waals surface area contributed by atoms with Gasteiger partial charge in [0, 0.05) is 39.6 Å². The summed E-state index contributed by atoms with van der Waals surface area (Å²) in [6, 6.07) is 26.2. The zero-order valence-corrected chi connectivity index (χ0v) is 17.9. The van der Waals surface area contributed by atoms with Gasteiger partial charge in [0.15, 0.2) is 0 Å². The maximum atomic E-state index is 11.4. The number of H-pyrrole nitrogens is 1. The minimum atomic E-state index is -0.848. The zero-order valence-electron chi connectivity index (χ0n) is 17.0. The van der Waals surface area contributed by atoms with Crippen LogP contribution in [0, 0.1) is 0 Å². The van der Waals surface area contributed by atoms with Gasteiger partial charge in [-0.3, -0.25) is 4.98 Å². The molecule has 0 atom stereocenters. The van der Waals surface area contributed by atoms with Gasteiger partial charge < -0.3 is 20.8 Å². The second-order valence-electron chi connectivity index (χ2n) is 7.26. The summed E-state index contributed by atoms with van der Waals surface area (Å²) in [4.78, 5) is 20.8. The molecule has 32 heavy (non-hydrogen) atoms. The predicted octanol–water partition coefficient (Wildman–Crippen LogP) is 5.94. The van der Waals surface area contributed by atoms with Crippen molar-refractivity contribution in [1.29, 1.82) is 0 Å². The van der Waals surface area contributed by atoms with Crippen molar-refractivity contribution in [3.63, 3.8) is 0 Å². The number of nitrogens with two attached hydrogens (primary N) is 1. The van der Waals surface area contributed by atoms with Gasteiger partial charge in [-0.2, -0.15) is 0 Å². The van der Waals surface area contributed by atoms with E-state index in [1.54, 1.807) is 6.20 Å². The van der Waals surface area contributed by atoms with Crippen molar-refractivity contribution >= 4 is 45.3 Å². The molecule has 1 amide bonds. The lowest BCUT2D eigenvalue weighted by Crippen LogP contribution is -2.16. The molecule has 4 N–H and O–H groups in total. The van der Waals surface area contributed by atoms with E-state index in [1.165, 1.54) is 11.8 Å². The third-order valence-electron chi connectivity index (χ3n) is 5.05. The first-order chi connectivity index (χ1) is 15.7. The Morgan fingerprint density at radius 2 is 1.91 bits per heavy atom. The highest BCUT2D eigenvalue weighted by Gasteiger charge is 2.17. The first-order valence-corrected chi connectivity index (χ1v) is 10.9. The summed E-state index contributed by atoms with van der Waals surface area (Å²) >= 11 is 1.53. The molecular weight excluding hydrogens is 420 g/mol. The Morgan fingerprint density at radius 1 is 1.03 bits per heavy atom. The van der Waals surface area contributed by atoms with E-state index in [4.69, 9.17) is 10.5 Å². The molecule has 6 nitrogen and oxygen atoms in total. The molecule has 2 heterocycles. The molecule has 0 fully saturated rings. The Labute approximate surface area is 188 Å². The molecular formula is C25H20N4O2S. The smallest absolute Gasteiger partial charge is 0.392 e. The van der Waals surface area contributed by atoms with Crippen LogP contribution in [0.5, 0.6) is 5.88 Å². The number of hydrogen-bond donors (Lipinski definition) is 3. The molecule has 0 aliphatic heterocycles. The van der Waals surface area contributed by atoms with Crippen LogP contribution in [0.15, 0.2) is 94.9 Å². The van der Waals surface area contributed by atoms with Gasteiger partial charge >= 0.3 is 6.09 Å². The van der Waals surface area contributed by atoms with Crippen LogP contribution in [0.2, 0.25) is 0 Å². The number of carbonyl (C=O) groups is 1. The predicted molar refractivity (Wildman–Crippen MR) is 128 cm³/mol. The van der Waals surface area contributed by atoms with Crippen LogP contribution in [0.25, 0.3) is 21.8 Å². The molecule has 0 saturated carbocycles. The van der Waals surface area contributed by atoms with E-state index in [0.29, 0.717) is 12.4 Å². The molecule has 0 aliphatic rings. The van der Waals surface area contributed by atoms with Crippen LogP contribution in [-0.4, -0.2) is 16.1 Å². The lowest BCUT2D eigenvalue weighted by molar-refractivity contribution is 0.208. The van der Waals surface area contributed by atoms with E-state index in [0.717, 1.165) is 42.8 Å². The average Bonchev–Trinajstić information content (AvgIpc) is 3.13. The first-order valence-electron chi connectivity index (χ1n) is 10.1. The number of hydrogen-bond acceptors (Lipinski definition) is 5. The van der Waals surface area contributed by atoms with E-state index < -0.39 is 6.09 Å². The minimum Gasteiger partial charge on any atom is -0.392 e. The van der Waals surface area contributed by atoms with Gasteiger partial charge in [-0.15, -0.1) is 0 Å². The first kappa shape index (κ1) is 20.0. The fourth-order valence-electron chi connectivity index (χ4n) is 3.57. The molecule has 0 unspecified atom stereocenters. The van der Waals surface area contributed by atoms with E-state index in [2.05, 4.69) is 27.4 Å². The summed E-state index contributed by atoms with van der Waals surface area (Å²) in [5.74, 6) is 0.355. The number of fused-ring (bicyclic) bond motifs is 2. The fraction of sp³-hybridized carbons (Fsp3) is 0.0400. The molecule has 5 rings (SSSR count). The van der Waals surface area contributed by atoms with Crippen LogP contribution in [0.4, 0.5) is 10.5 Å². The zero-order chi connectivity index (χ0) is 21.9. The molecule has 0 radical (unpaired) electrons. The normalized spacial score (nSPS) is 11.0. The van der Waals surface area contributed by atoms with Crippen LogP contribution in [-0.2, 0) is 6.54 Å². The van der Waals surface area contributed by atoms with Crippen molar-refractivity contribution in [3.05, 3.63) is 90.6 Å². The molecule has 2 aromatic heterocycles. The van der Waals surface area contributed by atoms with Crippen LogP contribution >= 0.6 is 11.8 Å². The monoisotopic (exact) mass is 440 g/mol. The number of aromatic nitrogens is 2. The van der Waals surface area contributed by atoms with Gasteiger partial charge in [0.25, 0.3) is 0 Å². The number of amides is 1. The molecule has 0 spiro atoms. The second-order valence-corrected chi connectivity index (χ2v) is 8.35. The standard InChI is InChI=1S/C25H20N4O2S/c26-25(30)31-24-23(32-19-6-2-1-3-7-19)20-13-16(8-10-22(20)29-24)15-28-18-9-11-21-17(14-18)5-4-12-27-21/h1-14,28-29H,15H2,(H2,26,30). The number of benzene rings is 3. The summed E-state index contributed by atoms with van der Waals surface area (Å²) in [7, 11) is 0. The number of aromatic amines is 1. The van der Waals surface area contributed by atoms with Gasteiger partial charge in [0.2, 0.25) is 5.88 Å². The van der Waals surface area contributed by atoms with Gasteiger partial charge in [-0.25, -0.2) is 4.79 Å². The molecule has 7 heteroatoms. The number of rotatable bonds is 6. The van der Waals surface area contributed by atoms with Crippen molar-refractivity contribution in [2.75, 3.05) is 5.32 Å². The number of pyridine rings is 1. The molecule has 0 bridgehead atoms. The van der Waals surface area contributed by atoms with E-state index in [9.17, 15) is 4.79 Å². The summed E-state index contributed by atoms with van der Waals surface area (Å²) in [5, 5.41) is 5.54. The minimum absolute atomic E-state index is 0.355.